The van der Waals surface area contributed by atoms with Crippen molar-refractivity contribution in [3.05, 3.63) is 24.4 Å². The Balaban J connectivity index is 2.26. The predicted octanol–water partition coefficient (Wildman–Crippen LogP) is 1.83. The lowest BCUT2D eigenvalue weighted by atomic mass is 10.2. The zero-order valence-electron chi connectivity index (χ0n) is 11.4. The van der Waals surface area contributed by atoms with Gasteiger partial charge in [0.25, 0.3) is 0 Å². The smallest absolute Gasteiger partial charge is 0.157 e. The first-order chi connectivity index (χ1) is 8.71. The highest BCUT2D eigenvalue weighted by atomic mass is 32.2. The third kappa shape index (κ3) is 2.73. The summed E-state index contributed by atoms with van der Waals surface area (Å²) in [4.78, 5) is 0. The maximum atomic E-state index is 12.1. The van der Waals surface area contributed by atoms with Crippen molar-refractivity contribution in [1.29, 1.82) is 0 Å². The quantitative estimate of drug-likeness (QED) is 0.871. The third-order valence-electron chi connectivity index (χ3n) is 3.17. The van der Waals surface area contributed by atoms with Gasteiger partial charge in [0.15, 0.2) is 9.84 Å². The Bertz CT molecular complexity index is 696. The minimum absolute atomic E-state index is 0.0715. The second-order valence-electron chi connectivity index (χ2n) is 5.62. The number of anilines is 1. The van der Waals surface area contributed by atoms with E-state index >= 15 is 0 Å². The van der Waals surface area contributed by atoms with Gasteiger partial charge in [0, 0.05) is 11.1 Å². The van der Waals surface area contributed by atoms with Crippen LogP contribution in [0.15, 0.2) is 24.4 Å². The van der Waals surface area contributed by atoms with Crippen LogP contribution in [0.3, 0.4) is 0 Å². The first-order valence-corrected chi connectivity index (χ1v) is 7.79. The maximum absolute atomic E-state index is 12.1. The van der Waals surface area contributed by atoms with Gasteiger partial charge >= 0.3 is 0 Å². The second kappa shape index (κ2) is 4.52. The maximum Gasteiger partial charge on any atom is 0.157 e. The number of nitrogen functional groups attached to an aromatic ring is 1. The van der Waals surface area contributed by atoms with Crippen LogP contribution in [0.25, 0.3) is 10.9 Å². The van der Waals surface area contributed by atoms with Crippen LogP contribution in [0.4, 0.5) is 5.69 Å². The lowest BCUT2D eigenvalue weighted by Gasteiger charge is -2.19. The first-order valence-electron chi connectivity index (χ1n) is 6.14. The molecule has 1 aromatic heterocycles. The molecule has 0 bridgehead atoms. The van der Waals surface area contributed by atoms with Gasteiger partial charge in [0.1, 0.15) is 0 Å². The molecule has 0 unspecified atom stereocenters. The van der Waals surface area contributed by atoms with E-state index in [2.05, 4.69) is 5.10 Å². The van der Waals surface area contributed by atoms with Gasteiger partial charge in [-0.05, 0) is 39.0 Å². The molecule has 2 N–H and O–H groups in total. The number of nitrogens with zero attached hydrogens (tertiary/aromatic N) is 2. The van der Waals surface area contributed by atoms with Gasteiger partial charge in [-0.15, -0.1) is 0 Å². The minimum Gasteiger partial charge on any atom is -0.399 e. The van der Waals surface area contributed by atoms with Crippen LogP contribution >= 0.6 is 0 Å². The number of hydrogen-bond acceptors (Lipinski definition) is 4. The van der Waals surface area contributed by atoms with Crippen LogP contribution in [-0.4, -0.2) is 28.7 Å². The van der Waals surface area contributed by atoms with Crippen molar-refractivity contribution in [2.75, 3.05) is 11.5 Å². The van der Waals surface area contributed by atoms with Crippen molar-refractivity contribution in [1.82, 2.24) is 9.78 Å². The molecule has 0 aliphatic heterocycles. The van der Waals surface area contributed by atoms with E-state index in [0.717, 1.165) is 10.9 Å². The summed E-state index contributed by atoms with van der Waals surface area (Å²) < 4.78 is 25.1. The van der Waals surface area contributed by atoms with Gasteiger partial charge in [-0.2, -0.15) is 5.10 Å². The number of fused-ring (bicyclic) bond motifs is 1. The molecule has 0 saturated carbocycles. The van der Waals surface area contributed by atoms with Crippen LogP contribution in [0.1, 0.15) is 20.8 Å². The van der Waals surface area contributed by atoms with Crippen LogP contribution in [0.5, 0.6) is 0 Å². The number of hydrogen-bond donors (Lipinski definition) is 1. The molecule has 0 amide bonds. The number of benzene rings is 1. The minimum atomic E-state index is -3.14. The summed E-state index contributed by atoms with van der Waals surface area (Å²) in [6.45, 7) is 5.47. The van der Waals surface area contributed by atoms with Gasteiger partial charge in [-0.25, -0.2) is 8.42 Å². The third-order valence-corrected chi connectivity index (χ3v) is 5.76. The molecular formula is C13H19N3O2S. The Morgan fingerprint density at radius 3 is 2.63 bits per heavy atom. The van der Waals surface area contributed by atoms with Crippen LogP contribution in [0.2, 0.25) is 0 Å². The van der Waals surface area contributed by atoms with E-state index in [4.69, 9.17) is 5.73 Å². The molecule has 19 heavy (non-hydrogen) atoms. The fraction of sp³-hybridized carbons (Fsp3) is 0.462. The molecule has 2 aromatic rings. The fourth-order valence-electron chi connectivity index (χ4n) is 1.78. The number of sulfone groups is 1. The van der Waals surface area contributed by atoms with E-state index in [1.165, 1.54) is 0 Å². The summed E-state index contributed by atoms with van der Waals surface area (Å²) in [7, 11) is -3.14. The van der Waals surface area contributed by atoms with Gasteiger partial charge in [0.05, 0.1) is 28.8 Å². The largest absolute Gasteiger partial charge is 0.399 e. The molecule has 6 heteroatoms. The van der Waals surface area contributed by atoms with Gasteiger partial charge in [-0.3, -0.25) is 4.68 Å². The van der Waals surface area contributed by atoms with E-state index < -0.39 is 14.6 Å². The second-order valence-corrected chi connectivity index (χ2v) is 8.48. The lowest BCUT2D eigenvalue weighted by molar-refractivity contribution is 0.550. The molecule has 0 saturated heterocycles. The molecule has 104 valence electrons. The Hall–Kier alpha value is -1.56. The predicted molar refractivity (Wildman–Crippen MR) is 77.7 cm³/mol. The van der Waals surface area contributed by atoms with Gasteiger partial charge in [0.2, 0.25) is 0 Å². The molecule has 5 nitrogen and oxygen atoms in total. The number of nitrogens with two attached hydrogens (primary N) is 1. The first kappa shape index (κ1) is 13.9. The highest BCUT2D eigenvalue weighted by Crippen LogP contribution is 2.19. The normalized spacial score (nSPS) is 13.0. The van der Waals surface area contributed by atoms with Crippen molar-refractivity contribution >= 4 is 26.4 Å². The molecule has 0 aliphatic carbocycles. The van der Waals surface area contributed by atoms with Gasteiger partial charge < -0.3 is 5.73 Å². The summed E-state index contributed by atoms with van der Waals surface area (Å²) >= 11 is 0. The van der Waals surface area contributed by atoms with E-state index in [-0.39, 0.29) is 5.75 Å². The van der Waals surface area contributed by atoms with E-state index in [9.17, 15) is 8.42 Å². The van der Waals surface area contributed by atoms with Gasteiger partial charge in [-0.1, -0.05) is 0 Å². The molecule has 0 spiro atoms. The summed E-state index contributed by atoms with van der Waals surface area (Å²) in [5.41, 5.74) is 7.25. The van der Waals surface area contributed by atoms with Crippen LogP contribution in [-0.2, 0) is 16.4 Å². The highest BCUT2D eigenvalue weighted by molar-refractivity contribution is 7.92. The van der Waals surface area contributed by atoms with Crippen molar-refractivity contribution in [3.63, 3.8) is 0 Å². The average molecular weight is 281 g/mol. The van der Waals surface area contributed by atoms with Crippen molar-refractivity contribution in [2.45, 2.75) is 32.1 Å². The Morgan fingerprint density at radius 2 is 2.00 bits per heavy atom. The molecule has 0 radical (unpaired) electrons. The highest BCUT2D eigenvalue weighted by Gasteiger charge is 2.28. The Morgan fingerprint density at radius 1 is 1.32 bits per heavy atom. The summed E-state index contributed by atoms with van der Waals surface area (Å²) in [6, 6.07) is 5.50. The topological polar surface area (TPSA) is 78.0 Å². The standard InChI is InChI=1S/C13H19N3O2S/c1-13(2,3)19(17,18)7-6-16-12-8-11(14)5-4-10(12)9-15-16/h4-5,8-9H,6-7,14H2,1-3H3. The van der Waals surface area contributed by atoms with Crippen LogP contribution < -0.4 is 5.73 Å². The number of aromatic nitrogens is 2. The SMILES string of the molecule is CC(C)(C)S(=O)(=O)CCn1ncc2ccc(N)cc21. The van der Waals surface area contributed by atoms with E-state index in [0.29, 0.717) is 12.2 Å². The molecule has 0 aliphatic rings. The summed E-state index contributed by atoms with van der Waals surface area (Å²) in [5, 5.41) is 5.18. The van der Waals surface area contributed by atoms with Crippen molar-refractivity contribution < 1.29 is 8.42 Å². The van der Waals surface area contributed by atoms with E-state index in [1.54, 1.807) is 37.7 Å². The monoisotopic (exact) mass is 281 g/mol. The molecular weight excluding hydrogens is 262 g/mol. The molecule has 1 aromatic carbocycles. The summed E-state index contributed by atoms with van der Waals surface area (Å²) in [5.74, 6) is 0.0715. The summed E-state index contributed by atoms with van der Waals surface area (Å²) in [6.07, 6.45) is 1.72. The molecule has 2 rings (SSSR count). The molecule has 1 heterocycles. The van der Waals surface area contributed by atoms with Crippen molar-refractivity contribution in [2.24, 2.45) is 0 Å². The number of aryl methyl sites for hydroxylation is 1. The molecule has 0 atom stereocenters. The van der Waals surface area contributed by atoms with Crippen LogP contribution in [0, 0.1) is 0 Å². The average Bonchev–Trinajstić information content (AvgIpc) is 2.67. The van der Waals surface area contributed by atoms with Crippen molar-refractivity contribution in [3.8, 4) is 0 Å². The molecule has 0 fully saturated rings. The lowest BCUT2D eigenvalue weighted by Crippen LogP contribution is -2.32. The number of rotatable bonds is 3. The van der Waals surface area contributed by atoms with E-state index in [1.807, 2.05) is 12.1 Å². The Kier molecular flexibility index (Phi) is 3.30. The zero-order chi connectivity index (χ0) is 14.3. The Labute approximate surface area is 113 Å². The fourth-order valence-corrected chi connectivity index (χ4v) is 2.80. The zero-order valence-corrected chi connectivity index (χ0v) is 12.2.